The Bertz CT molecular complexity index is 782. The smallest absolute Gasteiger partial charge is 0.259 e. The van der Waals surface area contributed by atoms with E-state index in [1.165, 1.54) is 0 Å². The van der Waals surface area contributed by atoms with Gasteiger partial charge >= 0.3 is 0 Å². The second-order valence-corrected chi connectivity index (χ2v) is 5.77. The first kappa shape index (κ1) is 16.1. The number of benzene rings is 2. The van der Waals surface area contributed by atoms with Gasteiger partial charge in [0.15, 0.2) is 5.75 Å². The molecule has 0 spiro atoms. The number of carbonyl (C=O) groups is 2. The van der Waals surface area contributed by atoms with Crippen molar-refractivity contribution in [2.24, 2.45) is 5.92 Å². The highest BCUT2D eigenvalue weighted by molar-refractivity contribution is 6.09. The molecule has 0 radical (unpaired) electrons. The van der Waals surface area contributed by atoms with E-state index in [9.17, 15) is 9.59 Å². The van der Waals surface area contributed by atoms with E-state index in [1.54, 1.807) is 30.3 Å². The Hall–Kier alpha value is -2.82. The quantitative estimate of drug-likeness (QED) is 0.875. The Morgan fingerprint density at radius 3 is 2.62 bits per heavy atom. The lowest BCUT2D eigenvalue weighted by Gasteiger charge is -2.14. The minimum atomic E-state index is -0.256. The van der Waals surface area contributed by atoms with E-state index < -0.39 is 0 Å². The van der Waals surface area contributed by atoms with Crippen LogP contribution in [0.4, 0.5) is 11.4 Å². The lowest BCUT2D eigenvalue weighted by atomic mass is 10.0. The third-order valence-corrected chi connectivity index (χ3v) is 4.20. The molecule has 1 heterocycles. The SMILES string of the molecule is CCC(CC)C(=O)Nc1ccc2c(c1)C(=O)Nc1ccccc1O2. The molecule has 24 heavy (non-hydrogen) atoms. The number of fused-ring (bicyclic) bond motifs is 2. The molecule has 0 aliphatic carbocycles. The van der Waals surface area contributed by atoms with Gasteiger partial charge in [-0.2, -0.15) is 0 Å². The standard InChI is InChI=1S/C19H20N2O3/c1-3-12(4-2)18(22)20-13-9-10-16-14(11-13)19(23)21-15-7-5-6-8-17(15)24-16/h5-12H,3-4H2,1-2H3,(H,20,22)(H,21,23). The monoisotopic (exact) mass is 324 g/mol. The summed E-state index contributed by atoms with van der Waals surface area (Å²) in [5.41, 5.74) is 1.62. The van der Waals surface area contributed by atoms with Gasteiger partial charge in [0, 0.05) is 11.6 Å². The molecule has 3 rings (SSSR count). The molecule has 2 amide bonds. The summed E-state index contributed by atoms with van der Waals surface area (Å²) in [7, 11) is 0. The molecule has 0 unspecified atom stereocenters. The van der Waals surface area contributed by atoms with Crippen LogP contribution >= 0.6 is 0 Å². The average molecular weight is 324 g/mol. The van der Waals surface area contributed by atoms with E-state index in [2.05, 4.69) is 10.6 Å². The van der Waals surface area contributed by atoms with Gasteiger partial charge in [0.1, 0.15) is 5.75 Å². The van der Waals surface area contributed by atoms with Gasteiger partial charge in [-0.05, 0) is 43.2 Å². The van der Waals surface area contributed by atoms with Crippen molar-refractivity contribution >= 4 is 23.2 Å². The molecule has 1 aliphatic rings. The summed E-state index contributed by atoms with van der Waals surface area (Å²) in [4.78, 5) is 24.7. The lowest BCUT2D eigenvalue weighted by Crippen LogP contribution is -2.22. The highest BCUT2D eigenvalue weighted by Gasteiger charge is 2.22. The minimum absolute atomic E-state index is 0.0295. The summed E-state index contributed by atoms with van der Waals surface area (Å²) >= 11 is 0. The number of carbonyl (C=O) groups excluding carboxylic acids is 2. The van der Waals surface area contributed by atoms with Crippen LogP contribution in [0.3, 0.4) is 0 Å². The van der Waals surface area contributed by atoms with Crippen molar-refractivity contribution in [1.82, 2.24) is 0 Å². The molecule has 5 nitrogen and oxygen atoms in total. The van der Waals surface area contributed by atoms with Gasteiger partial charge in [-0.15, -0.1) is 0 Å². The first-order valence-electron chi connectivity index (χ1n) is 8.15. The third-order valence-electron chi connectivity index (χ3n) is 4.20. The lowest BCUT2D eigenvalue weighted by molar-refractivity contribution is -0.120. The molecule has 124 valence electrons. The molecule has 2 aromatic carbocycles. The second kappa shape index (κ2) is 6.74. The molecule has 1 aliphatic heterocycles. The van der Waals surface area contributed by atoms with E-state index in [1.807, 2.05) is 26.0 Å². The van der Waals surface area contributed by atoms with Crippen LogP contribution in [-0.4, -0.2) is 11.8 Å². The van der Waals surface area contributed by atoms with Crippen molar-refractivity contribution in [3.8, 4) is 11.5 Å². The fourth-order valence-corrected chi connectivity index (χ4v) is 2.74. The van der Waals surface area contributed by atoms with Crippen LogP contribution in [0.15, 0.2) is 42.5 Å². The Balaban J connectivity index is 1.88. The van der Waals surface area contributed by atoms with Gasteiger partial charge in [0.05, 0.1) is 11.3 Å². The van der Waals surface area contributed by atoms with Crippen LogP contribution in [-0.2, 0) is 4.79 Å². The summed E-state index contributed by atoms with van der Waals surface area (Å²) in [6, 6.07) is 12.4. The predicted molar refractivity (Wildman–Crippen MR) is 93.6 cm³/mol. The Labute approximate surface area is 141 Å². The van der Waals surface area contributed by atoms with Gasteiger partial charge in [-0.25, -0.2) is 0 Å². The van der Waals surface area contributed by atoms with Crippen LogP contribution in [0.25, 0.3) is 0 Å². The van der Waals surface area contributed by atoms with Crippen molar-refractivity contribution in [3.63, 3.8) is 0 Å². The molecular weight excluding hydrogens is 304 g/mol. The van der Waals surface area contributed by atoms with Crippen molar-refractivity contribution < 1.29 is 14.3 Å². The molecule has 2 aromatic rings. The Morgan fingerprint density at radius 1 is 1.12 bits per heavy atom. The first-order valence-corrected chi connectivity index (χ1v) is 8.15. The van der Waals surface area contributed by atoms with Crippen molar-refractivity contribution in [2.75, 3.05) is 10.6 Å². The van der Waals surface area contributed by atoms with Crippen molar-refractivity contribution in [2.45, 2.75) is 26.7 Å². The number of rotatable bonds is 4. The van der Waals surface area contributed by atoms with Crippen molar-refractivity contribution in [3.05, 3.63) is 48.0 Å². The van der Waals surface area contributed by atoms with Crippen LogP contribution < -0.4 is 15.4 Å². The Morgan fingerprint density at radius 2 is 1.88 bits per heavy atom. The highest BCUT2D eigenvalue weighted by Crippen LogP contribution is 2.36. The number of nitrogens with one attached hydrogen (secondary N) is 2. The fraction of sp³-hybridized carbons (Fsp3) is 0.263. The number of amides is 2. The zero-order valence-electron chi connectivity index (χ0n) is 13.8. The summed E-state index contributed by atoms with van der Waals surface area (Å²) in [5, 5.41) is 5.71. The summed E-state index contributed by atoms with van der Waals surface area (Å²) < 4.78 is 5.83. The summed E-state index contributed by atoms with van der Waals surface area (Å²) in [5.74, 6) is 0.751. The molecule has 0 saturated heterocycles. The normalized spacial score (nSPS) is 12.5. The van der Waals surface area contributed by atoms with Crippen molar-refractivity contribution in [1.29, 1.82) is 0 Å². The Kier molecular flexibility index (Phi) is 4.51. The maximum absolute atomic E-state index is 12.4. The average Bonchev–Trinajstić information content (AvgIpc) is 2.72. The summed E-state index contributed by atoms with van der Waals surface area (Å²) in [6.45, 7) is 3.98. The number of hydrogen-bond acceptors (Lipinski definition) is 3. The van der Waals surface area contributed by atoms with E-state index in [4.69, 9.17) is 4.74 Å². The molecule has 0 fully saturated rings. The number of hydrogen-bond donors (Lipinski definition) is 2. The molecule has 0 atom stereocenters. The largest absolute Gasteiger partial charge is 0.454 e. The predicted octanol–water partition coefficient (Wildman–Crippen LogP) is 4.42. The zero-order chi connectivity index (χ0) is 17.1. The third kappa shape index (κ3) is 3.11. The zero-order valence-corrected chi connectivity index (χ0v) is 13.8. The van der Waals surface area contributed by atoms with E-state index in [-0.39, 0.29) is 17.7 Å². The molecule has 0 bridgehead atoms. The van der Waals surface area contributed by atoms with Gasteiger partial charge in [0.2, 0.25) is 5.91 Å². The topological polar surface area (TPSA) is 67.4 Å². The van der Waals surface area contributed by atoms with Gasteiger partial charge in [0.25, 0.3) is 5.91 Å². The number of ether oxygens (including phenoxy) is 1. The molecule has 5 heteroatoms. The molecular formula is C19H20N2O3. The van der Waals surface area contributed by atoms with Gasteiger partial charge in [-0.1, -0.05) is 26.0 Å². The van der Waals surface area contributed by atoms with Crippen LogP contribution in [0.1, 0.15) is 37.0 Å². The molecule has 0 aromatic heterocycles. The molecule has 2 N–H and O–H groups in total. The second-order valence-electron chi connectivity index (χ2n) is 5.77. The fourth-order valence-electron chi connectivity index (χ4n) is 2.74. The highest BCUT2D eigenvalue weighted by atomic mass is 16.5. The number of para-hydroxylation sites is 2. The van der Waals surface area contributed by atoms with E-state index >= 15 is 0 Å². The van der Waals surface area contributed by atoms with Gasteiger partial charge < -0.3 is 15.4 Å². The van der Waals surface area contributed by atoms with Gasteiger partial charge in [-0.3, -0.25) is 9.59 Å². The first-order chi connectivity index (χ1) is 11.6. The van der Waals surface area contributed by atoms with Crippen LogP contribution in [0.2, 0.25) is 0 Å². The van der Waals surface area contributed by atoms with Crippen LogP contribution in [0, 0.1) is 5.92 Å². The molecule has 0 saturated carbocycles. The maximum Gasteiger partial charge on any atom is 0.259 e. The maximum atomic E-state index is 12.4. The van der Waals surface area contributed by atoms with Crippen LogP contribution in [0.5, 0.6) is 11.5 Å². The van der Waals surface area contributed by atoms with E-state index in [0.717, 1.165) is 12.8 Å². The summed E-state index contributed by atoms with van der Waals surface area (Å²) in [6.07, 6.45) is 1.57. The minimum Gasteiger partial charge on any atom is -0.454 e. The van der Waals surface area contributed by atoms with E-state index in [0.29, 0.717) is 28.4 Å². The number of anilines is 2.